The van der Waals surface area contributed by atoms with Crippen LogP contribution in [0.25, 0.3) is 0 Å². The van der Waals surface area contributed by atoms with Gasteiger partial charge in [0, 0.05) is 17.9 Å². The fourth-order valence-corrected chi connectivity index (χ4v) is 2.35. The number of ether oxygens (including phenoxy) is 2. The van der Waals surface area contributed by atoms with E-state index in [1.54, 1.807) is 18.2 Å². The van der Waals surface area contributed by atoms with Crippen LogP contribution >= 0.6 is 0 Å². The van der Waals surface area contributed by atoms with Gasteiger partial charge < -0.3 is 20.1 Å². The molecule has 128 valence electrons. The molecule has 0 aliphatic carbocycles. The van der Waals surface area contributed by atoms with Crippen LogP contribution in [0.15, 0.2) is 42.5 Å². The van der Waals surface area contributed by atoms with Gasteiger partial charge in [0.25, 0.3) is 5.91 Å². The Kier molecular flexibility index (Phi) is 6.49. The normalized spacial score (nSPS) is 10.1. The van der Waals surface area contributed by atoms with Crippen molar-refractivity contribution >= 4 is 17.3 Å². The lowest BCUT2D eigenvalue weighted by atomic mass is 10.1. The fraction of sp³-hybridized carbons (Fsp3) is 0.316. The van der Waals surface area contributed by atoms with E-state index in [-0.39, 0.29) is 5.91 Å². The third-order valence-electron chi connectivity index (χ3n) is 3.66. The van der Waals surface area contributed by atoms with Gasteiger partial charge in [-0.25, -0.2) is 0 Å². The summed E-state index contributed by atoms with van der Waals surface area (Å²) in [5.41, 5.74) is 2.14. The molecule has 0 atom stereocenters. The van der Waals surface area contributed by atoms with Crippen molar-refractivity contribution in [1.29, 1.82) is 0 Å². The first-order valence-corrected chi connectivity index (χ1v) is 8.05. The molecule has 0 saturated carbocycles. The zero-order valence-corrected chi connectivity index (χ0v) is 14.4. The molecule has 0 saturated heterocycles. The van der Waals surface area contributed by atoms with Crippen molar-refractivity contribution in [2.24, 2.45) is 0 Å². The van der Waals surface area contributed by atoms with Crippen molar-refractivity contribution in [2.75, 3.05) is 31.4 Å². The zero-order chi connectivity index (χ0) is 17.4. The van der Waals surface area contributed by atoms with Crippen LogP contribution in [-0.2, 0) is 0 Å². The predicted octanol–water partition coefficient (Wildman–Crippen LogP) is 4.17. The predicted molar refractivity (Wildman–Crippen MR) is 97.3 cm³/mol. The number of hydrogen-bond acceptors (Lipinski definition) is 4. The Labute approximate surface area is 143 Å². The molecule has 0 aliphatic heterocycles. The van der Waals surface area contributed by atoms with Gasteiger partial charge in [-0.1, -0.05) is 19.4 Å². The summed E-state index contributed by atoms with van der Waals surface area (Å²) in [6, 6.07) is 12.9. The second-order valence-corrected chi connectivity index (χ2v) is 5.35. The van der Waals surface area contributed by atoms with Gasteiger partial charge >= 0.3 is 0 Å². The summed E-state index contributed by atoms with van der Waals surface area (Å²) in [4.78, 5) is 12.6. The minimum Gasteiger partial charge on any atom is -0.496 e. The fourth-order valence-electron chi connectivity index (χ4n) is 2.35. The second kappa shape index (κ2) is 8.82. The minimum absolute atomic E-state index is 0.268. The first-order valence-electron chi connectivity index (χ1n) is 8.05. The maximum atomic E-state index is 12.6. The van der Waals surface area contributed by atoms with Crippen LogP contribution in [0.4, 0.5) is 11.4 Å². The molecule has 2 aromatic rings. The van der Waals surface area contributed by atoms with Crippen LogP contribution in [0.3, 0.4) is 0 Å². The molecule has 2 rings (SSSR count). The lowest BCUT2D eigenvalue weighted by molar-refractivity contribution is 0.102. The highest BCUT2D eigenvalue weighted by Crippen LogP contribution is 2.29. The number of anilines is 2. The van der Waals surface area contributed by atoms with Crippen LogP contribution in [-0.4, -0.2) is 26.7 Å². The first-order chi connectivity index (χ1) is 11.7. The van der Waals surface area contributed by atoms with Gasteiger partial charge in [0.05, 0.1) is 14.2 Å². The molecule has 2 aromatic carbocycles. The molecule has 0 fully saturated rings. The van der Waals surface area contributed by atoms with E-state index in [2.05, 4.69) is 17.6 Å². The molecule has 2 N–H and O–H groups in total. The monoisotopic (exact) mass is 328 g/mol. The molecule has 0 aromatic heterocycles. The SMILES string of the molecule is CCCCNc1ccc(NC(=O)c2c(OC)cccc2OC)cc1. The van der Waals surface area contributed by atoms with Crippen molar-refractivity contribution in [3.05, 3.63) is 48.0 Å². The first kappa shape index (κ1) is 17.7. The quantitative estimate of drug-likeness (QED) is 0.714. The van der Waals surface area contributed by atoms with Crippen molar-refractivity contribution < 1.29 is 14.3 Å². The third-order valence-corrected chi connectivity index (χ3v) is 3.66. The number of nitrogens with one attached hydrogen (secondary N) is 2. The van der Waals surface area contributed by atoms with E-state index in [1.807, 2.05) is 24.3 Å². The Morgan fingerprint density at radius 2 is 1.54 bits per heavy atom. The van der Waals surface area contributed by atoms with Gasteiger partial charge in [-0.15, -0.1) is 0 Å². The van der Waals surface area contributed by atoms with E-state index in [1.165, 1.54) is 14.2 Å². The number of unbranched alkanes of at least 4 members (excludes halogenated alkanes) is 1. The summed E-state index contributed by atoms with van der Waals surface area (Å²) in [5.74, 6) is 0.686. The summed E-state index contributed by atoms with van der Waals surface area (Å²) in [6.07, 6.45) is 2.29. The Hall–Kier alpha value is -2.69. The maximum absolute atomic E-state index is 12.6. The molecule has 0 heterocycles. The number of carbonyl (C=O) groups is 1. The highest BCUT2D eigenvalue weighted by Gasteiger charge is 2.18. The Bertz CT molecular complexity index is 647. The number of methoxy groups -OCH3 is 2. The van der Waals surface area contributed by atoms with Crippen molar-refractivity contribution in [1.82, 2.24) is 0 Å². The average molecular weight is 328 g/mol. The molecule has 0 unspecified atom stereocenters. The second-order valence-electron chi connectivity index (χ2n) is 5.35. The molecular formula is C19H24N2O3. The molecular weight excluding hydrogens is 304 g/mol. The average Bonchev–Trinajstić information content (AvgIpc) is 2.62. The van der Waals surface area contributed by atoms with Crippen LogP contribution in [0.2, 0.25) is 0 Å². The summed E-state index contributed by atoms with van der Waals surface area (Å²) in [7, 11) is 3.06. The van der Waals surface area contributed by atoms with E-state index in [9.17, 15) is 4.79 Å². The summed E-state index contributed by atoms with van der Waals surface area (Å²) in [6.45, 7) is 3.10. The molecule has 5 nitrogen and oxygen atoms in total. The van der Waals surface area contributed by atoms with Crippen LogP contribution < -0.4 is 20.1 Å². The smallest absolute Gasteiger partial charge is 0.263 e. The van der Waals surface area contributed by atoms with Gasteiger partial charge in [-0.3, -0.25) is 4.79 Å². The number of hydrogen-bond donors (Lipinski definition) is 2. The zero-order valence-electron chi connectivity index (χ0n) is 14.4. The molecule has 0 radical (unpaired) electrons. The van der Waals surface area contributed by atoms with Crippen LogP contribution in [0, 0.1) is 0 Å². The van der Waals surface area contributed by atoms with E-state index >= 15 is 0 Å². The summed E-state index contributed by atoms with van der Waals surface area (Å²) in [5, 5.41) is 6.22. The van der Waals surface area contributed by atoms with E-state index in [4.69, 9.17) is 9.47 Å². The van der Waals surface area contributed by atoms with E-state index < -0.39 is 0 Å². The Morgan fingerprint density at radius 3 is 2.08 bits per heavy atom. The molecule has 0 spiro atoms. The van der Waals surface area contributed by atoms with Gasteiger partial charge in [0.2, 0.25) is 0 Å². The summed E-state index contributed by atoms with van der Waals surface area (Å²) < 4.78 is 10.5. The lowest BCUT2D eigenvalue weighted by Gasteiger charge is -2.13. The topological polar surface area (TPSA) is 59.6 Å². The van der Waals surface area contributed by atoms with Gasteiger partial charge in [-0.2, -0.15) is 0 Å². The number of carbonyl (C=O) groups excluding carboxylic acids is 1. The number of rotatable bonds is 8. The number of benzene rings is 2. The van der Waals surface area contributed by atoms with E-state index in [0.717, 1.165) is 25.1 Å². The molecule has 5 heteroatoms. The van der Waals surface area contributed by atoms with Crippen molar-refractivity contribution in [3.63, 3.8) is 0 Å². The standard InChI is InChI=1S/C19H24N2O3/c1-4-5-13-20-14-9-11-15(12-10-14)21-19(22)18-16(23-2)7-6-8-17(18)24-3/h6-12,20H,4-5,13H2,1-3H3,(H,21,22). The van der Waals surface area contributed by atoms with Crippen LogP contribution in [0.1, 0.15) is 30.1 Å². The minimum atomic E-state index is -0.268. The van der Waals surface area contributed by atoms with Gasteiger partial charge in [0.1, 0.15) is 17.1 Å². The van der Waals surface area contributed by atoms with Gasteiger partial charge in [0.15, 0.2) is 0 Å². The molecule has 0 aliphatic rings. The Morgan fingerprint density at radius 1 is 0.958 bits per heavy atom. The lowest BCUT2D eigenvalue weighted by Crippen LogP contribution is -2.14. The van der Waals surface area contributed by atoms with Crippen molar-refractivity contribution in [2.45, 2.75) is 19.8 Å². The highest BCUT2D eigenvalue weighted by atomic mass is 16.5. The van der Waals surface area contributed by atoms with Crippen molar-refractivity contribution in [3.8, 4) is 11.5 Å². The Balaban J connectivity index is 2.10. The van der Waals surface area contributed by atoms with E-state index in [0.29, 0.717) is 22.7 Å². The number of amides is 1. The maximum Gasteiger partial charge on any atom is 0.263 e. The highest BCUT2D eigenvalue weighted by molar-refractivity contribution is 6.08. The van der Waals surface area contributed by atoms with Crippen LogP contribution in [0.5, 0.6) is 11.5 Å². The molecule has 24 heavy (non-hydrogen) atoms. The largest absolute Gasteiger partial charge is 0.496 e. The summed E-state index contributed by atoms with van der Waals surface area (Å²) >= 11 is 0. The molecule has 0 bridgehead atoms. The van der Waals surface area contributed by atoms with Gasteiger partial charge in [-0.05, 0) is 42.8 Å². The molecule has 1 amide bonds. The third kappa shape index (κ3) is 4.41.